The van der Waals surface area contributed by atoms with E-state index in [1.54, 1.807) is 0 Å². The Morgan fingerprint density at radius 3 is 2.00 bits per heavy atom. The zero-order valence-corrected chi connectivity index (χ0v) is 6.68. The number of hydrogen-bond donors (Lipinski definition) is 1. The van der Waals surface area contributed by atoms with Gasteiger partial charge in [-0.15, -0.1) is 0 Å². The fraction of sp³-hybridized carbons (Fsp3) is 0.571. The smallest absolute Gasteiger partial charge is 0.0855 e. The van der Waals surface area contributed by atoms with Crippen molar-refractivity contribution in [2.75, 3.05) is 0 Å². The SMILES string of the molecule is C/C=C(/C)N=CN.CC. The molecule has 2 heteroatoms. The van der Waals surface area contributed by atoms with Gasteiger partial charge in [-0.2, -0.15) is 0 Å². The first kappa shape index (κ1) is 11.1. The Morgan fingerprint density at radius 2 is 1.89 bits per heavy atom. The van der Waals surface area contributed by atoms with Crippen molar-refractivity contribution in [2.45, 2.75) is 27.7 Å². The van der Waals surface area contributed by atoms with Crippen LogP contribution in [-0.2, 0) is 0 Å². The van der Waals surface area contributed by atoms with E-state index >= 15 is 0 Å². The molecule has 0 radical (unpaired) electrons. The second kappa shape index (κ2) is 10.2. The van der Waals surface area contributed by atoms with E-state index in [9.17, 15) is 0 Å². The molecule has 2 N–H and O–H groups in total. The molecule has 0 saturated heterocycles. The van der Waals surface area contributed by atoms with E-state index in [1.807, 2.05) is 33.8 Å². The predicted molar refractivity (Wildman–Crippen MR) is 43.5 cm³/mol. The highest BCUT2D eigenvalue weighted by molar-refractivity contribution is 5.53. The van der Waals surface area contributed by atoms with Gasteiger partial charge in [-0.05, 0) is 13.8 Å². The van der Waals surface area contributed by atoms with Crippen LogP contribution in [0.4, 0.5) is 0 Å². The average molecular weight is 128 g/mol. The van der Waals surface area contributed by atoms with Crippen LogP contribution in [0.25, 0.3) is 0 Å². The van der Waals surface area contributed by atoms with Crippen LogP contribution in [0.15, 0.2) is 16.8 Å². The van der Waals surface area contributed by atoms with Gasteiger partial charge in [-0.3, -0.25) is 0 Å². The Kier molecular flexibility index (Phi) is 12.6. The minimum Gasteiger partial charge on any atom is -0.390 e. The van der Waals surface area contributed by atoms with E-state index in [0.717, 1.165) is 5.70 Å². The van der Waals surface area contributed by atoms with Gasteiger partial charge in [0.25, 0.3) is 0 Å². The molecule has 54 valence electrons. The Balaban J connectivity index is 0. The van der Waals surface area contributed by atoms with Crippen LogP contribution in [0.1, 0.15) is 27.7 Å². The Bertz CT molecular complexity index is 93.1. The van der Waals surface area contributed by atoms with Gasteiger partial charge in [0.1, 0.15) is 0 Å². The Labute approximate surface area is 57.5 Å². The highest BCUT2D eigenvalue weighted by atomic mass is 14.8. The summed E-state index contributed by atoms with van der Waals surface area (Å²) in [5, 5.41) is 0. The standard InChI is InChI=1S/C5H10N2.C2H6/c1-3-5(2)7-4-6;1-2/h3-4H,1-2H3,(H2,6,7);1-2H3/b5-3-;. The van der Waals surface area contributed by atoms with Crippen LogP contribution in [0.5, 0.6) is 0 Å². The molecule has 0 aliphatic rings. The predicted octanol–water partition coefficient (Wildman–Crippen LogP) is 1.92. The van der Waals surface area contributed by atoms with Crippen LogP contribution >= 0.6 is 0 Å². The highest BCUT2D eigenvalue weighted by Gasteiger charge is 1.70. The lowest BCUT2D eigenvalue weighted by Gasteiger charge is -1.81. The monoisotopic (exact) mass is 128 g/mol. The largest absolute Gasteiger partial charge is 0.390 e. The molecule has 0 aliphatic heterocycles. The van der Waals surface area contributed by atoms with Gasteiger partial charge in [0, 0.05) is 5.70 Å². The molecule has 0 aromatic rings. The first-order valence-corrected chi connectivity index (χ1v) is 3.18. The third-order valence-electron chi connectivity index (χ3n) is 0.696. The minimum absolute atomic E-state index is 0.947. The summed E-state index contributed by atoms with van der Waals surface area (Å²) in [4.78, 5) is 3.76. The third-order valence-corrected chi connectivity index (χ3v) is 0.696. The van der Waals surface area contributed by atoms with Gasteiger partial charge < -0.3 is 5.73 Å². The number of rotatable bonds is 1. The van der Waals surface area contributed by atoms with Crippen LogP contribution in [0.3, 0.4) is 0 Å². The van der Waals surface area contributed by atoms with Crippen molar-refractivity contribution in [3.63, 3.8) is 0 Å². The molecular weight excluding hydrogens is 112 g/mol. The molecule has 2 nitrogen and oxygen atoms in total. The Hall–Kier alpha value is -0.790. The number of nitrogens with zero attached hydrogens (tertiary/aromatic N) is 1. The second-order valence-corrected chi connectivity index (χ2v) is 1.21. The number of nitrogens with two attached hydrogens (primary N) is 1. The lowest BCUT2D eigenvalue weighted by molar-refractivity contribution is 1.29. The summed E-state index contributed by atoms with van der Waals surface area (Å²) in [5.41, 5.74) is 5.92. The fourth-order valence-corrected chi connectivity index (χ4v) is 0.192. The van der Waals surface area contributed by atoms with Crippen molar-refractivity contribution < 1.29 is 0 Å². The van der Waals surface area contributed by atoms with Gasteiger partial charge in [-0.25, -0.2) is 4.99 Å². The van der Waals surface area contributed by atoms with Gasteiger partial charge in [0.15, 0.2) is 0 Å². The average Bonchev–Trinajstić information content (AvgIpc) is 1.93. The van der Waals surface area contributed by atoms with Crippen molar-refractivity contribution in [2.24, 2.45) is 10.7 Å². The van der Waals surface area contributed by atoms with Gasteiger partial charge in [-0.1, -0.05) is 19.9 Å². The molecule has 0 aliphatic carbocycles. The molecule has 0 rings (SSSR count). The Morgan fingerprint density at radius 1 is 1.44 bits per heavy atom. The van der Waals surface area contributed by atoms with Gasteiger partial charge in [0.05, 0.1) is 6.34 Å². The maximum absolute atomic E-state index is 4.97. The van der Waals surface area contributed by atoms with E-state index in [1.165, 1.54) is 6.34 Å². The van der Waals surface area contributed by atoms with Crippen LogP contribution in [0, 0.1) is 0 Å². The lowest BCUT2D eigenvalue weighted by Crippen LogP contribution is -1.87. The highest BCUT2D eigenvalue weighted by Crippen LogP contribution is 1.88. The van der Waals surface area contributed by atoms with Crippen molar-refractivity contribution >= 4 is 6.34 Å². The molecule has 0 atom stereocenters. The van der Waals surface area contributed by atoms with Gasteiger partial charge in [0.2, 0.25) is 0 Å². The topological polar surface area (TPSA) is 38.4 Å². The summed E-state index contributed by atoms with van der Waals surface area (Å²) in [6, 6.07) is 0. The summed E-state index contributed by atoms with van der Waals surface area (Å²) in [5.74, 6) is 0. The molecule has 0 aromatic carbocycles. The van der Waals surface area contributed by atoms with E-state index in [0.29, 0.717) is 0 Å². The van der Waals surface area contributed by atoms with Crippen molar-refractivity contribution in [1.82, 2.24) is 0 Å². The number of aliphatic imine (C=N–C) groups is 1. The molecule has 9 heavy (non-hydrogen) atoms. The maximum atomic E-state index is 4.97. The maximum Gasteiger partial charge on any atom is 0.0855 e. The molecule has 0 fully saturated rings. The quantitative estimate of drug-likeness (QED) is 0.425. The lowest BCUT2D eigenvalue weighted by atomic mass is 10.5. The summed E-state index contributed by atoms with van der Waals surface area (Å²) < 4.78 is 0. The summed E-state index contributed by atoms with van der Waals surface area (Å²) in [7, 11) is 0. The van der Waals surface area contributed by atoms with E-state index in [-0.39, 0.29) is 0 Å². The van der Waals surface area contributed by atoms with Crippen LogP contribution in [-0.4, -0.2) is 6.34 Å². The fourth-order valence-electron chi connectivity index (χ4n) is 0.192. The van der Waals surface area contributed by atoms with E-state index in [4.69, 9.17) is 5.73 Å². The molecule has 0 amide bonds. The number of allylic oxidation sites excluding steroid dienone is 2. The zero-order chi connectivity index (χ0) is 7.70. The first-order chi connectivity index (χ1) is 4.31. The minimum atomic E-state index is 0.947. The van der Waals surface area contributed by atoms with Crippen LogP contribution in [0.2, 0.25) is 0 Å². The molecular formula is C7H16N2. The second-order valence-electron chi connectivity index (χ2n) is 1.21. The number of hydrogen-bond acceptors (Lipinski definition) is 1. The van der Waals surface area contributed by atoms with Gasteiger partial charge >= 0.3 is 0 Å². The summed E-state index contributed by atoms with van der Waals surface area (Å²) in [6.45, 7) is 7.81. The molecule has 0 aromatic heterocycles. The van der Waals surface area contributed by atoms with E-state index < -0.39 is 0 Å². The zero-order valence-electron chi connectivity index (χ0n) is 6.68. The van der Waals surface area contributed by atoms with E-state index in [2.05, 4.69) is 4.99 Å². The normalized spacial score (nSPS) is 10.9. The molecule has 0 saturated carbocycles. The summed E-state index contributed by atoms with van der Waals surface area (Å²) >= 11 is 0. The third kappa shape index (κ3) is 11.0. The molecule has 0 unspecified atom stereocenters. The molecule has 0 bridgehead atoms. The van der Waals surface area contributed by atoms with Crippen molar-refractivity contribution in [1.29, 1.82) is 0 Å². The van der Waals surface area contributed by atoms with Crippen molar-refractivity contribution in [3.8, 4) is 0 Å². The molecule has 0 spiro atoms. The van der Waals surface area contributed by atoms with Crippen molar-refractivity contribution in [3.05, 3.63) is 11.8 Å². The molecule has 0 heterocycles. The summed E-state index contributed by atoms with van der Waals surface area (Å²) in [6.07, 6.45) is 3.18. The van der Waals surface area contributed by atoms with Crippen LogP contribution < -0.4 is 5.73 Å². The first-order valence-electron chi connectivity index (χ1n) is 3.18.